The molecular formula is C25H36N4O3. The number of aromatic nitrogens is 1. The van der Waals surface area contributed by atoms with Gasteiger partial charge in [-0.25, -0.2) is 0 Å². The number of benzene rings is 1. The summed E-state index contributed by atoms with van der Waals surface area (Å²) in [5.74, 6) is 1.19. The van der Waals surface area contributed by atoms with Crippen molar-refractivity contribution in [3.05, 3.63) is 35.4 Å². The molecule has 1 saturated carbocycles. The predicted octanol–water partition coefficient (Wildman–Crippen LogP) is 3.57. The van der Waals surface area contributed by atoms with Crippen molar-refractivity contribution in [2.24, 2.45) is 5.92 Å². The average molecular weight is 441 g/mol. The smallest absolute Gasteiger partial charge is 0.233 e. The molecule has 2 fully saturated rings. The first-order chi connectivity index (χ1) is 15.5. The maximum absolute atomic E-state index is 13.5. The van der Waals surface area contributed by atoms with Gasteiger partial charge in [0.15, 0.2) is 0 Å². The molecular weight excluding hydrogens is 404 g/mol. The third kappa shape index (κ3) is 5.33. The average Bonchev–Trinajstić information content (AvgIpc) is 3.47. The second-order valence-electron chi connectivity index (χ2n) is 9.33. The summed E-state index contributed by atoms with van der Waals surface area (Å²) in [4.78, 5) is 19.9. The minimum Gasteiger partial charge on any atom is -0.378 e. The van der Waals surface area contributed by atoms with E-state index < -0.39 is 0 Å². The molecule has 2 aromatic rings. The Bertz CT molecular complexity index is 898. The Labute approximate surface area is 191 Å². The van der Waals surface area contributed by atoms with Gasteiger partial charge in [0.2, 0.25) is 11.8 Å². The number of likely N-dealkylation sites (N-methyl/N-ethyl adjacent to an activating group) is 1. The van der Waals surface area contributed by atoms with Crippen LogP contribution in [-0.4, -0.2) is 74.4 Å². The third-order valence-corrected chi connectivity index (χ3v) is 6.54. The minimum absolute atomic E-state index is 0.145. The first kappa shape index (κ1) is 22.8. The van der Waals surface area contributed by atoms with Gasteiger partial charge in [0.25, 0.3) is 0 Å². The Morgan fingerprint density at radius 3 is 2.59 bits per heavy atom. The van der Waals surface area contributed by atoms with Gasteiger partial charge in [-0.15, -0.1) is 0 Å². The summed E-state index contributed by atoms with van der Waals surface area (Å²) in [5, 5.41) is 4.50. The summed E-state index contributed by atoms with van der Waals surface area (Å²) < 4.78 is 11.5. The molecule has 0 spiro atoms. The maximum atomic E-state index is 13.5. The molecule has 1 aromatic heterocycles. The Balaban J connectivity index is 1.68. The number of nitrogens with zero attached hydrogens (tertiary/aromatic N) is 4. The SMILES string of the molecule is Cc1cccc(-c2noc(N3CCOCC3)c2CN(CCN(C)C)C(=O)C2CCCC2)c1. The Morgan fingerprint density at radius 1 is 1.16 bits per heavy atom. The van der Waals surface area contributed by atoms with Crippen LogP contribution < -0.4 is 4.90 Å². The first-order valence-corrected chi connectivity index (χ1v) is 11.8. The highest BCUT2D eigenvalue weighted by atomic mass is 16.5. The monoisotopic (exact) mass is 440 g/mol. The van der Waals surface area contributed by atoms with Crippen LogP contribution in [0.2, 0.25) is 0 Å². The number of anilines is 1. The van der Waals surface area contributed by atoms with Crippen molar-refractivity contribution in [2.75, 3.05) is 58.4 Å². The molecule has 1 amide bonds. The van der Waals surface area contributed by atoms with E-state index in [2.05, 4.69) is 54.2 Å². The molecule has 1 aliphatic heterocycles. The third-order valence-electron chi connectivity index (χ3n) is 6.54. The second kappa shape index (κ2) is 10.5. The van der Waals surface area contributed by atoms with Crippen LogP contribution in [0.3, 0.4) is 0 Å². The maximum Gasteiger partial charge on any atom is 0.233 e. The van der Waals surface area contributed by atoms with Crippen LogP contribution in [0.5, 0.6) is 0 Å². The zero-order valence-electron chi connectivity index (χ0n) is 19.7. The summed E-state index contributed by atoms with van der Waals surface area (Å²) in [6.45, 7) is 7.01. The lowest BCUT2D eigenvalue weighted by molar-refractivity contribution is -0.136. The summed E-state index contributed by atoms with van der Waals surface area (Å²) in [6, 6.07) is 8.33. The molecule has 1 aliphatic carbocycles. The zero-order valence-corrected chi connectivity index (χ0v) is 19.7. The molecule has 0 unspecified atom stereocenters. The summed E-state index contributed by atoms with van der Waals surface area (Å²) in [5.41, 5.74) is 4.05. The van der Waals surface area contributed by atoms with Crippen LogP contribution in [0.15, 0.2) is 28.8 Å². The van der Waals surface area contributed by atoms with E-state index in [4.69, 9.17) is 9.26 Å². The quantitative estimate of drug-likeness (QED) is 0.625. The molecule has 4 rings (SSSR count). The van der Waals surface area contributed by atoms with Crippen LogP contribution in [0.1, 0.15) is 36.8 Å². The van der Waals surface area contributed by atoms with Crippen molar-refractivity contribution < 1.29 is 14.1 Å². The van der Waals surface area contributed by atoms with E-state index in [0.29, 0.717) is 26.3 Å². The molecule has 0 bridgehead atoms. The van der Waals surface area contributed by atoms with Crippen molar-refractivity contribution in [2.45, 2.75) is 39.2 Å². The van der Waals surface area contributed by atoms with Gasteiger partial charge < -0.3 is 24.0 Å². The number of morpholine rings is 1. The number of hydrogen-bond acceptors (Lipinski definition) is 6. The van der Waals surface area contributed by atoms with Crippen molar-refractivity contribution in [3.8, 4) is 11.3 Å². The number of carbonyl (C=O) groups is 1. The predicted molar refractivity (Wildman–Crippen MR) is 126 cm³/mol. The largest absolute Gasteiger partial charge is 0.378 e. The van der Waals surface area contributed by atoms with Crippen LogP contribution in [0.25, 0.3) is 11.3 Å². The molecule has 1 saturated heterocycles. The summed E-state index contributed by atoms with van der Waals surface area (Å²) in [6.07, 6.45) is 4.31. The number of amides is 1. The van der Waals surface area contributed by atoms with Crippen LogP contribution >= 0.6 is 0 Å². The van der Waals surface area contributed by atoms with E-state index >= 15 is 0 Å². The van der Waals surface area contributed by atoms with Crippen LogP contribution in [0, 0.1) is 12.8 Å². The molecule has 1 aromatic carbocycles. The van der Waals surface area contributed by atoms with E-state index in [-0.39, 0.29) is 11.8 Å². The fourth-order valence-corrected chi connectivity index (χ4v) is 4.69. The normalized spacial score (nSPS) is 17.3. The van der Waals surface area contributed by atoms with Gasteiger partial charge in [0.1, 0.15) is 5.69 Å². The second-order valence-corrected chi connectivity index (χ2v) is 9.33. The van der Waals surface area contributed by atoms with Gasteiger partial charge in [-0.3, -0.25) is 4.79 Å². The van der Waals surface area contributed by atoms with Crippen LogP contribution in [-0.2, 0) is 16.1 Å². The van der Waals surface area contributed by atoms with E-state index in [9.17, 15) is 4.79 Å². The van der Waals surface area contributed by atoms with Gasteiger partial charge in [-0.2, -0.15) is 0 Å². The highest BCUT2D eigenvalue weighted by Gasteiger charge is 2.31. The Morgan fingerprint density at radius 2 is 1.91 bits per heavy atom. The summed E-state index contributed by atoms with van der Waals surface area (Å²) in [7, 11) is 4.10. The van der Waals surface area contributed by atoms with Crippen molar-refractivity contribution >= 4 is 11.8 Å². The molecule has 0 atom stereocenters. The Kier molecular flexibility index (Phi) is 7.48. The van der Waals surface area contributed by atoms with Crippen molar-refractivity contribution in [1.29, 1.82) is 0 Å². The topological polar surface area (TPSA) is 62.1 Å². The highest BCUT2D eigenvalue weighted by Crippen LogP contribution is 2.34. The Hall–Kier alpha value is -2.38. The summed E-state index contributed by atoms with van der Waals surface area (Å²) >= 11 is 0. The van der Waals surface area contributed by atoms with Crippen LogP contribution in [0.4, 0.5) is 5.88 Å². The van der Waals surface area contributed by atoms with Gasteiger partial charge in [0.05, 0.1) is 25.3 Å². The van der Waals surface area contributed by atoms with E-state index in [1.807, 2.05) is 11.0 Å². The van der Waals surface area contributed by atoms with Gasteiger partial charge >= 0.3 is 0 Å². The fourth-order valence-electron chi connectivity index (χ4n) is 4.69. The number of ether oxygens (including phenoxy) is 1. The lowest BCUT2D eigenvalue weighted by Gasteiger charge is -2.30. The van der Waals surface area contributed by atoms with Gasteiger partial charge in [-0.1, -0.05) is 41.8 Å². The first-order valence-electron chi connectivity index (χ1n) is 11.8. The molecule has 2 heterocycles. The molecule has 174 valence electrons. The lowest BCUT2D eigenvalue weighted by Crippen LogP contribution is -2.40. The van der Waals surface area contributed by atoms with E-state index in [0.717, 1.165) is 68.0 Å². The number of rotatable bonds is 8. The number of hydrogen-bond donors (Lipinski definition) is 0. The van der Waals surface area contributed by atoms with Crippen molar-refractivity contribution in [3.63, 3.8) is 0 Å². The lowest BCUT2D eigenvalue weighted by atomic mass is 10.0. The molecule has 0 radical (unpaired) electrons. The number of aryl methyl sites for hydroxylation is 1. The number of carbonyl (C=O) groups excluding carboxylic acids is 1. The van der Waals surface area contributed by atoms with Gasteiger partial charge in [0, 0.05) is 37.7 Å². The fraction of sp³-hybridized carbons (Fsp3) is 0.600. The van der Waals surface area contributed by atoms with E-state index in [1.54, 1.807) is 0 Å². The molecule has 7 nitrogen and oxygen atoms in total. The molecule has 7 heteroatoms. The minimum atomic E-state index is 0.145. The van der Waals surface area contributed by atoms with Gasteiger partial charge in [-0.05, 0) is 39.9 Å². The standard InChI is InChI=1S/C25H36N4O3/c1-19-7-6-10-21(17-19)23-22(25(32-26-23)28-13-15-31-16-14-28)18-29(12-11-27(2)3)24(30)20-8-4-5-9-20/h6-7,10,17,20H,4-5,8-9,11-16,18H2,1-3H3. The molecule has 32 heavy (non-hydrogen) atoms. The molecule has 0 N–H and O–H groups in total. The zero-order chi connectivity index (χ0) is 22.5. The van der Waals surface area contributed by atoms with E-state index in [1.165, 1.54) is 5.56 Å². The molecule has 2 aliphatic rings. The van der Waals surface area contributed by atoms with Crippen molar-refractivity contribution in [1.82, 2.24) is 15.0 Å². The highest BCUT2D eigenvalue weighted by molar-refractivity contribution is 5.80.